The molecule has 1 aromatic heterocycles. The van der Waals surface area contributed by atoms with Crippen molar-refractivity contribution in [2.24, 2.45) is 0 Å². The maximum atomic E-state index is 13.7. The van der Waals surface area contributed by atoms with E-state index >= 15 is 0 Å². The van der Waals surface area contributed by atoms with Crippen LogP contribution in [0.1, 0.15) is 19.4 Å². The molecule has 0 unspecified atom stereocenters. The van der Waals surface area contributed by atoms with E-state index < -0.39 is 17.2 Å². The second-order valence-corrected chi connectivity index (χ2v) is 4.63. The molecule has 0 aliphatic carbocycles. The van der Waals surface area contributed by atoms with Crippen LogP contribution in [0.2, 0.25) is 0 Å². The fourth-order valence-electron chi connectivity index (χ4n) is 1.72. The van der Waals surface area contributed by atoms with Crippen LogP contribution in [-0.2, 0) is 5.60 Å². The highest BCUT2D eigenvalue weighted by Crippen LogP contribution is 2.34. The van der Waals surface area contributed by atoms with Gasteiger partial charge in [-0.3, -0.25) is 4.98 Å². The lowest BCUT2D eigenvalue weighted by molar-refractivity contribution is 0.102. The van der Waals surface area contributed by atoms with Crippen molar-refractivity contribution in [3.8, 4) is 5.75 Å². The largest absolute Gasteiger partial charge is 0.478 e. The summed E-state index contributed by atoms with van der Waals surface area (Å²) in [5.41, 5.74) is 5.62. The molecule has 0 fully saturated rings. The summed E-state index contributed by atoms with van der Waals surface area (Å²) >= 11 is 0. The zero-order valence-electron chi connectivity index (χ0n) is 10.7. The molecular weight excluding hydrogens is 250 g/mol. The number of benzene rings is 1. The van der Waals surface area contributed by atoms with Gasteiger partial charge < -0.3 is 10.5 Å². The molecule has 1 aromatic carbocycles. The topological polar surface area (TPSA) is 48.1 Å². The molecule has 1 heterocycles. The lowest BCUT2D eigenvalue weighted by Crippen LogP contribution is -2.26. The number of aromatic nitrogens is 1. The number of nitrogens with zero attached hydrogens (tertiary/aromatic N) is 1. The minimum atomic E-state index is -1.08. The van der Waals surface area contributed by atoms with E-state index in [-0.39, 0.29) is 11.4 Å². The van der Waals surface area contributed by atoms with Gasteiger partial charge in [0.25, 0.3) is 0 Å². The molecule has 0 atom stereocenters. The van der Waals surface area contributed by atoms with Gasteiger partial charge in [0.05, 0.1) is 5.69 Å². The van der Waals surface area contributed by atoms with Crippen LogP contribution in [-0.4, -0.2) is 4.98 Å². The predicted molar refractivity (Wildman–Crippen MR) is 68.7 cm³/mol. The third kappa shape index (κ3) is 2.65. The predicted octanol–water partition coefficient (Wildman–Crippen LogP) is 3.26. The molecule has 5 heteroatoms. The third-order valence-electron chi connectivity index (χ3n) is 2.81. The van der Waals surface area contributed by atoms with Gasteiger partial charge in [-0.25, -0.2) is 4.39 Å². The standard InChI is InChI=1S/C14H14F2N2O/c1-14(2,9-5-7-18-8-6-9)19-13-11(17)4-3-10(15)12(13)16/h3-8H,17H2,1-2H3. The number of hydrogen-bond donors (Lipinski definition) is 1. The maximum Gasteiger partial charge on any atom is 0.202 e. The first-order valence-electron chi connectivity index (χ1n) is 5.75. The number of nitrogen functional groups attached to an aromatic ring is 1. The van der Waals surface area contributed by atoms with Gasteiger partial charge in [0.2, 0.25) is 5.82 Å². The lowest BCUT2D eigenvalue weighted by Gasteiger charge is -2.27. The molecule has 3 nitrogen and oxygen atoms in total. The Balaban J connectivity index is 2.39. The van der Waals surface area contributed by atoms with Crippen LogP contribution in [0.5, 0.6) is 5.75 Å². The lowest BCUT2D eigenvalue weighted by atomic mass is 9.99. The second kappa shape index (κ2) is 4.84. The van der Waals surface area contributed by atoms with E-state index in [1.54, 1.807) is 38.4 Å². The van der Waals surface area contributed by atoms with Gasteiger partial charge in [-0.05, 0) is 43.7 Å². The highest BCUT2D eigenvalue weighted by Gasteiger charge is 2.26. The molecular formula is C14H14F2N2O. The highest BCUT2D eigenvalue weighted by atomic mass is 19.2. The second-order valence-electron chi connectivity index (χ2n) is 4.63. The zero-order chi connectivity index (χ0) is 14.0. The number of ether oxygens (including phenoxy) is 1. The Morgan fingerprint density at radius 1 is 1.11 bits per heavy atom. The van der Waals surface area contributed by atoms with Crippen molar-refractivity contribution in [1.29, 1.82) is 0 Å². The normalized spacial score (nSPS) is 11.4. The smallest absolute Gasteiger partial charge is 0.202 e. The molecule has 0 saturated carbocycles. The minimum Gasteiger partial charge on any atom is -0.478 e. The van der Waals surface area contributed by atoms with Crippen LogP contribution in [0.4, 0.5) is 14.5 Å². The molecule has 0 spiro atoms. The first-order chi connectivity index (χ1) is 8.92. The molecule has 0 aliphatic heterocycles. The van der Waals surface area contributed by atoms with Crippen molar-refractivity contribution in [1.82, 2.24) is 4.98 Å². The van der Waals surface area contributed by atoms with Gasteiger partial charge >= 0.3 is 0 Å². The molecule has 2 aromatic rings. The van der Waals surface area contributed by atoms with E-state index in [0.717, 1.165) is 11.6 Å². The molecule has 0 aliphatic rings. The molecule has 2 rings (SSSR count). The minimum absolute atomic E-state index is 0.0565. The van der Waals surface area contributed by atoms with Crippen molar-refractivity contribution < 1.29 is 13.5 Å². The number of rotatable bonds is 3. The fourth-order valence-corrected chi connectivity index (χ4v) is 1.72. The number of anilines is 1. The van der Waals surface area contributed by atoms with Gasteiger partial charge in [-0.2, -0.15) is 4.39 Å². The summed E-state index contributed by atoms with van der Waals surface area (Å²) in [6.45, 7) is 3.48. The fraction of sp³-hybridized carbons (Fsp3) is 0.214. The monoisotopic (exact) mass is 264 g/mol. The summed E-state index contributed by atoms with van der Waals surface area (Å²) in [5.74, 6) is -2.35. The Kier molecular flexibility index (Phi) is 3.38. The number of hydrogen-bond acceptors (Lipinski definition) is 3. The zero-order valence-corrected chi connectivity index (χ0v) is 10.7. The quantitative estimate of drug-likeness (QED) is 0.866. The van der Waals surface area contributed by atoms with Crippen molar-refractivity contribution in [3.63, 3.8) is 0 Å². The molecule has 0 radical (unpaired) electrons. The molecule has 0 bridgehead atoms. The number of pyridine rings is 1. The number of halogens is 2. The highest BCUT2D eigenvalue weighted by molar-refractivity contribution is 5.53. The van der Waals surface area contributed by atoms with E-state index in [1.807, 2.05) is 0 Å². The average Bonchev–Trinajstić information content (AvgIpc) is 2.40. The summed E-state index contributed by atoms with van der Waals surface area (Å²) in [7, 11) is 0. The van der Waals surface area contributed by atoms with Crippen LogP contribution in [0, 0.1) is 11.6 Å². The van der Waals surface area contributed by atoms with E-state index in [2.05, 4.69) is 4.98 Å². The van der Waals surface area contributed by atoms with Gasteiger partial charge in [-0.15, -0.1) is 0 Å². The van der Waals surface area contributed by atoms with E-state index in [9.17, 15) is 8.78 Å². The van der Waals surface area contributed by atoms with Crippen LogP contribution in [0.15, 0.2) is 36.7 Å². The molecule has 0 amide bonds. The van der Waals surface area contributed by atoms with Crippen molar-refractivity contribution in [2.75, 3.05) is 5.73 Å². The van der Waals surface area contributed by atoms with Crippen molar-refractivity contribution >= 4 is 5.69 Å². The van der Waals surface area contributed by atoms with Gasteiger partial charge in [0, 0.05) is 12.4 Å². The van der Waals surface area contributed by atoms with Gasteiger partial charge in [0.1, 0.15) is 5.60 Å². The Labute approximate surface area is 110 Å². The van der Waals surface area contributed by atoms with Crippen LogP contribution >= 0.6 is 0 Å². The third-order valence-corrected chi connectivity index (χ3v) is 2.81. The van der Waals surface area contributed by atoms with Crippen LogP contribution in [0.25, 0.3) is 0 Å². The molecule has 100 valence electrons. The first-order valence-corrected chi connectivity index (χ1v) is 5.75. The van der Waals surface area contributed by atoms with E-state index in [1.165, 1.54) is 6.07 Å². The summed E-state index contributed by atoms with van der Waals surface area (Å²) in [6, 6.07) is 5.73. The van der Waals surface area contributed by atoms with Crippen molar-refractivity contribution in [2.45, 2.75) is 19.4 Å². The van der Waals surface area contributed by atoms with Gasteiger partial charge in [0.15, 0.2) is 11.6 Å². The van der Waals surface area contributed by atoms with E-state index in [4.69, 9.17) is 10.5 Å². The average molecular weight is 264 g/mol. The summed E-state index contributed by atoms with van der Waals surface area (Å²) in [4.78, 5) is 3.90. The van der Waals surface area contributed by atoms with E-state index in [0.29, 0.717) is 0 Å². The Bertz CT molecular complexity index is 585. The summed E-state index contributed by atoms with van der Waals surface area (Å²) < 4.78 is 32.5. The van der Waals surface area contributed by atoms with Gasteiger partial charge in [-0.1, -0.05) is 0 Å². The summed E-state index contributed by atoms with van der Waals surface area (Å²) in [6.07, 6.45) is 3.21. The van der Waals surface area contributed by atoms with Crippen LogP contribution in [0.3, 0.4) is 0 Å². The molecule has 19 heavy (non-hydrogen) atoms. The Morgan fingerprint density at radius 2 is 1.74 bits per heavy atom. The SMILES string of the molecule is CC(C)(Oc1c(N)ccc(F)c1F)c1ccncc1. The van der Waals surface area contributed by atoms with Crippen molar-refractivity contribution in [3.05, 3.63) is 53.9 Å². The first kappa shape index (κ1) is 13.3. The maximum absolute atomic E-state index is 13.7. The molecule has 2 N–H and O–H groups in total. The Hall–Kier alpha value is -2.17. The number of nitrogens with two attached hydrogens (primary N) is 1. The summed E-state index contributed by atoms with van der Waals surface area (Å²) in [5, 5.41) is 0. The van der Waals surface area contributed by atoms with Crippen LogP contribution < -0.4 is 10.5 Å². The Morgan fingerprint density at radius 3 is 2.37 bits per heavy atom. The molecule has 0 saturated heterocycles.